The molecular weight excluding hydrogens is 272 g/mol. The van der Waals surface area contributed by atoms with Gasteiger partial charge in [0.2, 0.25) is 0 Å². The molecule has 112 valence electrons. The normalized spacial score (nSPS) is 17.0. The summed E-state index contributed by atoms with van der Waals surface area (Å²) in [5, 5.41) is 9.76. The average Bonchev–Trinajstić information content (AvgIpc) is 2.58. The van der Waals surface area contributed by atoms with E-state index in [4.69, 9.17) is 0 Å². The van der Waals surface area contributed by atoms with E-state index in [1.54, 1.807) is 6.33 Å². The molecule has 2 heterocycles. The molecule has 22 heavy (non-hydrogen) atoms. The van der Waals surface area contributed by atoms with Gasteiger partial charge in [0.15, 0.2) is 0 Å². The smallest absolute Gasteiger partial charge is 0.135 e. The van der Waals surface area contributed by atoms with E-state index in [-0.39, 0.29) is 5.41 Å². The highest BCUT2D eigenvalue weighted by Gasteiger charge is 2.37. The number of rotatable bonds is 2. The minimum atomic E-state index is -0.367. The predicted molar refractivity (Wildman–Crippen MR) is 86.7 cm³/mol. The number of piperidine rings is 1. The molecule has 0 amide bonds. The first-order valence-electron chi connectivity index (χ1n) is 7.66. The largest absolute Gasteiger partial charge is 0.356 e. The highest BCUT2D eigenvalue weighted by molar-refractivity contribution is 5.49. The van der Waals surface area contributed by atoms with E-state index >= 15 is 0 Å². The molecular formula is C18H20N4. The summed E-state index contributed by atoms with van der Waals surface area (Å²) in [7, 11) is 0. The van der Waals surface area contributed by atoms with Crippen LogP contribution in [0.25, 0.3) is 0 Å². The number of hydrogen-bond acceptors (Lipinski definition) is 4. The van der Waals surface area contributed by atoms with Crippen LogP contribution in [0.1, 0.15) is 29.7 Å². The molecule has 4 nitrogen and oxygen atoms in total. The van der Waals surface area contributed by atoms with Crippen LogP contribution in [0.2, 0.25) is 0 Å². The number of anilines is 1. The van der Waals surface area contributed by atoms with Crippen LogP contribution in [-0.2, 0) is 5.41 Å². The second-order valence-electron chi connectivity index (χ2n) is 5.95. The Labute approximate surface area is 131 Å². The van der Waals surface area contributed by atoms with Crippen molar-refractivity contribution in [2.75, 3.05) is 18.0 Å². The molecule has 1 fully saturated rings. The second kappa shape index (κ2) is 5.76. The minimum Gasteiger partial charge on any atom is -0.356 e. The van der Waals surface area contributed by atoms with Crippen molar-refractivity contribution in [3.63, 3.8) is 0 Å². The lowest BCUT2D eigenvalue weighted by molar-refractivity contribution is 0.413. The molecule has 0 unspecified atom stereocenters. The fraction of sp³-hybridized carbons (Fsp3) is 0.389. The van der Waals surface area contributed by atoms with E-state index in [0.29, 0.717) is 0 Å². The van der Waals surface area contributed by atoms with Crippen molar-refractivity contribution in [3.05, 3.63) is 53.5 Å². The van der Waals surface area contributed by atoms with Crippen LogP contribution in [0.4, 0.5) is 5.82 Å². The minimum absolute atomic E-state index is 0.367. The molecule has 0 bridgehead atoms. The van der Waals surface area contributed by atoms with Crippen LogP contribution in [0.15, 0.2) is 36.7 Å². The summed E-state index contributed by atoms with van der Waals surface area (Å²) < 4.78 is 0. The molecule has 1 saturated heterocycles. The van der Waals surface area contributed by atoms with E-state index in [1.165, 1.54) is 0 Å². The van der Waals surface area contributed by atoms with Gasteiger partial charge in [-0.3, -0.25) is 0 Å². The van der Waals surface area contributed by atoms with Crippen LogP contribution in [0, 0.1) is 25.2 Å². The molecule has 4 heteroatoms. The second-order valence-corrected chi connectivity index (χ2v) is 5.95. The van der Waals surface area contributed by atoms with Crippen LogP contribution in [0.3, 0.4) is 0 Å². The molecule has 0 N–H and O–H groups in total. The molecule has 0 spiro atoms. The molecule has 1 aromatic carbocycles. The van der Waals surface area contributed by atoms with E-state index in [2.05, 4.69) is 40.0 Å². The van der Waals surface area contributed by atoms with E-state index in [0.717, 1.165) is 48.6 Å². The maximum Gasteiger partial charge on any atom is 0.135 e. The Kier molecular flexibility index (Phi) is 3.81. The summed E-state index contributed by atoms with van der Waals surface area (Å²) >= 11 is 0. The molecule has 0 saturated carbocycles. The van der Waals surface area contributed by atoms with Gasteiger partial charge in [0.25, 0.3) is 0 Å². The summed E-state index contributed by atoms with van der Waals surface area (Å²) in [6, 6.07) is 12.7. The van der Waals surface area contributed by atoms with E-state index in [9.17, 15) is 5.26 Å². The number of benzene rings is 1. The van der Waals surface area contributed by atoms with Gasteiger partial charge in [0.1, 0.15) is 12.1 Å². The highest BCUT2D eigenvalue weighted by Crippen LogP contribution is 2.36. The first-order chi connectivity index (χ1) is 10.7. The van der Waals surface area contributed by atoms with E-state index in [1.807, 2.05) is 25.1 Å². The van der Waals surface area contributed by atoms with Crippen molar-refractivity contribution < 1.29 is 0 Å². The molecule has 3 rings (SSSR count). The SMILES string of the molecule is Cc1ncnc(N2CCC(C#N)(c3ccccc3)CC2)c1C. The van der Waals surface area contributed by atoms with Gasteiger partial charge in [0.05, 0.1) is 11.5 Å². The molecule has 0 aliphatic carbocycles. The topological polar surface area (TPSA) is 52.8 Å². The third-order valence-electron chi connectivity index (χ3n) is 4.77. The molecule has 1 aliphatic heterocycles. The molecule has 2 aromatic rings. The van der Waals surface area contributed by atoms with Gasteiger partial charge in [-0.15, -0.1) is 0 Å². The molecule has 1 aliphatic rings. The number of aromatic nitrogens is 2. The van der Waals surface area contributed by atoms with Crippen molar-refractivity contribution in [3.8, 4) is 6.07 Å². The van der Waals surface area contributed by atoms with Crippen molar-refractivity contribution in [1.29, 1.82) is 5.26 Å². The van der Waals surface area contributed by atoms with Crippen molar-refractivity contribution in [2.24, 2.45) is 0 Å². The summed E-state index contributed by atoms with van der Waals surface area (Å²) in [4.78, 5) is 11.0. The van der Waals surface area contributed by atoms with E-state index < -0.39 is 0 Å². The number of aryl methyl sites for hydroxylation is 1. The quantitative estimate of drug-likeness (QED) is 0.853. The highest BCUT2D eigenvalue weighted by atomic mass is 15.2. The third kappa shape index (κ3) is 2.43. The van der Waals surface area contributed by atoms with Crippen LogP contribution in [-0.4, -0.2) is 23.1 Å². The van der Waals surface area contributed by atoms with Crippen molar-refractivity contribution >= 4 is 5.82 Å². The summed E-state index contributed by atoms with van der Waals surface area (Å²) in [5.41, 5.74) is 2.91. The van der Waals surface area contributed by atoms with Gasteiger partial charge in [-0.1, -0.05) is 30.3 Å². The van der Waals surface area contributed by atoms with Gasteiger partial charge in [-0.05, 0) is 32.3 Å². The summed E-state index contributed by atoms with van der Waals surface area (Å²) in [6.45, 7) is 5.77. The number of nitrogens with zero attached hydrogens (tertiary/aromatic N) is 4. The first-order valence-corrected chi connectivity index (χ1v) is 7.66. The first kappa shape index (κ1) is 14.5. The van der Waals surface area contributed by atoms with Gasteiger partial charge < -0.3 is 4.90 Å². The Morgan fingerprint density at radius 2 is 1.77 bits per heavy atom. The Hall–Kier alpha value is -2.41. The van der Waals surface area contributed by atoms with Gasteiger partial charge in [-0.2, -0.15) is 5.26 Å². The van der Waals surface area contributed by atoms with Gasteiger partial charge >= 0.3 is 0 Å². The van der Waals surface area contributed by atoms with Crippen LogP contribution in [0.5, 0.6) is 0 Å². The molecule has 0 radical (unpaired) electrons. The standard InChI is InChI=1S/C18H20N4/c1-14-15(2)20-13-21-17(14)22-10-8-18(12-19,9-11-22)16-6-4-3-5-7-16/h3-7,13H,8-11H2,1-2H3. The van der Waals surface area contributed by atoms with Crippen molar-refractivity contribution in [1.82, 2.24) is 9.97 Å². The lowest BCUT2D eigenvalue weighted by Gasteiger charge is -2.38. The van der Waals surface area contributed by atoms with Crippen LogP contribution < -0.4 is 4.90 Å². The predicted octanol–water partition coefficient (Wildman–Crippen LogP) is 3.16. The summed E-state index contributed by atoms with van der Waals surface area (Å²) in [5.74, 6) is 1.01. The number of hydrogen-bond donors (Lipinski definition) is 0. The molecule has 0 atom stereocenters. The monoisotopic (exact) mass is 292 g/mol. The summed E-state index contributed by atoms with van der Waals surface area (Å²) in [6.07, 6.45) is 3.28. The van der Waals surface area contributed by atoms with Gasteiger partial charge in [0, 0.05) is 24.3 Å². The zero-order valence-corrected chi connectivity index (χ0v) is 13.1. The average molecular weight is 292 g/mol. The van der Waals surface area contributed by atoms with Crippen LogP contribution >= 0.6 is 0 Å². The lowest BCUT2D eigenvalue weighted by Crippen LogP contribution is -2.42. The lowest BCUT2D eigenvalue weighted by atomic mass is 9.74. The number of nitriles is 1. The molecule has 1 aromatic heterocycles. The van der Waals surface area contributed by atoms with Gasteiger partial charge in [-0.25, -0.2) is 9.97 Å². The zero-order chi connectivity index (χ0) is 15.6. The maximum absolute atomic E-state index is 9.76. The van der Waals surface area contributed by atoms with Crippen molar-refractivity contribution in [2.45, 2.75) is 32.1 Å². The Morgan fingerprint density at radius 1 is 1.09 bits per heavy atom. The fourth-order valence-corrected chi connectivity index (χ4v) is 3.17. The maximum atomic E-state index is 9.76. The Morgan fingerprint density at radius 3 is 2.41 bits per heavy atom. The zero-order valence-electron chi connectivity index (χ0n) is 13.1. The Bertz CT molecular complexity index is 695. The fourth-order valence-electron chi connectivity index (χ4n) is 3.17. The third-order valence-corrected chi connectivity index (χ3v) is 4.77. The Balaban J connectivity index is 1.83.